The summed E-state index contributed by atoms with van der Waals surface area (Å²) in [7, 11) is 5.03. The van der Waals surface area contributed by atoms with E-state index in [1.54, 1.807) is 42.3 Å². The quantitative estimate of drug-likeness (QED) is 0.745. The number of nitrogens with zero attached hydrogens (tertiary/aromatic N) is 4. The summed E-state index contributed by atoms with van der Waals surface area (Å²) >= 11 is 0. The predicted molar refractivity (Wildman–Crippen MR) is 102 cm³/mol. The molecule has 1 saturated heterocycles. The normalized spacial score (nSPS) is 16.8. The molecule has 1 aliphatic rings. The molecule has 0 radical (unpaired) electrons. The number of benzene rings is 1. The number of amides is 1. The number of aryl methyl sites for hydroxylation is 1. The molecule has 1 atom stereocenters. The first kappa shape index (κ1) is 17.1. The van der Waals surface area contributed by atoms with Crippen molar-refractivity contribution in [3.8, 4) is 11.5 Å². The maximum absolute atomic E-state index is 13.0. The van der Waals surface area contributed by atoms with Gasteiger partial charge in [0.2, 0.25) is 5.91 Å². The first-order valence-electron chi connectivity index (χ1n) is 8.68. The molecule has 1 fully saturated rings. The van der Waals surface area contributed by atoms with Crippen LogP contribution in [-0.2, 0) is 11.8 Å². The SMILES string of the molecule is COc1cc(OC)cc(N2CCC(Nc3ccnc4c3cnn4C)C2=O)c1. The zero-order valence-corrected chi connectivity index (χ0v) is 15.5. The zero-order valence-electron chi connectivity index (χ0n) is 15.5. The lowest BCUT2D eigenvalue weighted by Crippen LogP contribution is -2.33. The Bertz CT molecular complexity index is 978. The molecule has 27 heavy (non-hydrogen) atoms. The van der Waals surface area contributed by atoms with Gasteiger partial charge in [-0.3, -0.25) is 9.48 Å². The van der Waals surface area contributed by atoms with Crippen molar-refractivity contribution >= 4 is 28.3 Å². The molecule has 0 aliphatic carbocycles. The Morgan fingerprint density at radius 1 is 1.19 bits per heavy atom. The van der Waals surface area contributed by atoms with Crippen LogP contribution in [0.3, 0.4) is 0 Å². The highest BCUT2D eigenvalue weighted by atomic mass is 16.5. The number of hydrogen-bond donors (Lipinski definition) is 1. The van der Waals surface area contributed by atoms with Crippen molar-refractivity contribution in [2.75, 3.05) is 31.0 Å². The van der Waals surface area contributed by atoms with Crippen LogP contribution in [0.15, 0.2) is 36.7 Å². The van der Waals surface area contributed by atoms with Crippen molar-refractivity contribution < 1.29 is 14.3 Å². The number of hydrogen-bond acceptors (Lipinski definition) is 6. The van der Waals surface area contributed by atoms with Crippen LogP contribution in [0.5, 0.6) is 11.5 Å². The maximum Gasteiger partial charge on any atom is 0.249 e. The van der Waals surface area contributed by atoms with Crippen molar-refractivity contribution in [3.05, 3.63) is 36.7 Å². The monoisotopic (exact) mass is 367 g/mol. The van der Waals surface area contributed by atoms with Crippen molar-refractivity contribution in [2.24, 2.45) is 7.05 Å². The van der Waals surface area contributed by atoms with Gasteiger partial charge in [0, 0.05) is 43.7 Å². The Morgan fingerprint density at radius 2 is 1.93 bits per heavy atom. The fraction of sp³-hybridized carbons (Fsp3) is 0.316. The highest BCUT2D eigenvalue weighted by Gasteiger charge is 2.33. The number of methoxy groups -OCH3 is 2. The van der Waals surface area contributed by atoms with Crippen LogP contribution < -0.4 is 19.7 Å². The summed E-state index contributed by atoms with van der Waals surface area (Å²) in [6.07, 6.45) is 4.17. The van der Waals surface area contributed by atoms with Gasteiger partial charge in [0.25, 0.3) is 0 Å². The van der Waals surface area contributed by atoms with Crippen LogP contribution in [0.4, 0.5) is 11.4 Å². The van der Waals surface area contributed by atoms with E-state index in [1.807, 2.05) is 25.2 Å². The van der Waals surface area contributed by atoms with Crippen molar-refractivity contribution in [1.82, 2.24) is 14.8 Å². The van der Waals surface area contributed by atoms with Gasteiger partial charge in [-0.1, -0.05) is 0 Å². The van der Waals surface area contributed by atoms with Gasteiger partial charge >= 0.3 is 0 Å². The number of aromatic nitrogens is 3. The molecule has 4 rings (SSSR count). The molecule has 3 heterocycles. The van der Waals surface area contributed by atoms with E-state index in [0.29, 0.717) is 24.5 Å². The van der Waals surface area contributed by atoms with Crippen molar-refractivity contribution in [3.63, 3.8) is 0 Å². The summed E-state index contributed by atoms with van der Waals surface area (Å²) < 4.78 is 12.3. The van der Waals surface area contributed by atoms with Crippen LogP contribution >= 0.6 is 0 Å². The Kier molecular flexibility index (Phi) is 4.31. The number of ether oxygens (including phenoxy) is 2. The van der Waals surface area contributed by atoms with Gasteiger partial charge in [-0.25, -0.2) is 4.98 Å². The number of fused-ring (bicyclic) bond motifs is 1. The van der Waals surface area contributed by atoms with Crippen LogP contribution in [0, 0.1) is 0 Å². The molecular weight excluding hydrogens is 346 g/mol. The number of nitrogens with one attached hydrogen (secondary N) is 1. The molecule has 140 valence electrons. The summed E-state index contributed by atoms with van der Waals surface area (Å²) in [5.74, 6) is 1.32. The van der Waals surface area contributed by atoms with E-state index in [1.165, 1.54) is 0 Å². The Labute approximate surface area is 156 Å². The fourth-order valence-electron chi connectivity index (χ4n) is 3.38. The summed E-state index contributed by atoms with van der Waals surface area (Å²) in [5.41, 5.74) is 2.40. The number of carbonyl (C=O) groups is 1. The van der Waals surface area contributed by atoms with E-state index in [0.717, 1.165) is 22.4 Å². The third-order valence-corrected chi connectivity index (χ3v) is 4.82. The molecule has 0 spiro atoms. The molecule has 8 nitrogen and oxygen atoms in total. The van der Waals surface area contributed by atoms with Gasteiger partial charge < -0.3 is 19.7 Å². The Morgan fingerprint density at radius 3 is 2.63 bits per heavy atom. The second-order valence-electron chi connectivity index (χ2n) is 6.41. The fourth-order valence-corrected chi connectivity index (χ4v) is 3.38. The topological polar surface area (TPSA) is 81.5 Å². The highest BCUT2D eigenvalue weighted by molar-refractivity contribution is 6.02. The van der Waals surface area contributed by atoms with Crippen LogP contribution in [-0.4, -0.2) is 47.5 Å². The lowest BCUT2D eigenvalue weighted by Gasteiger charge is -2.19. The standard InChI is InChI=1S/C19H21N5O3/c1-23-18-15(11-21-23)16(4-6-20-18)22-17-5-7-24(19(17)25)12-8-13(26-2)10-14(9-12)27-3/h4,6,8-11,17H,5,7H2,1-3H3,(H,20,22). The average Bonchev–Trinajstić information content (AvgIpc) is 3.25. The highest BCUT2D eigenvalue weighted by Crippen LogP contribution is 2.32. The third kappa shape index (κ3) is 3.03. The summed E-state index contributed by atoms with van der Waals surface area (Å²) in [6, 6.07) is 7.03. The van der Waals surface area contributed by atoms with Crippen molar-refractivity contribution in [2.45, 2.75) is 12.5 Å². The second kappa shape index (κ2) is 6.79. The second-order valence-corrected chi connectivity index (χ2v) is 6.41. The zero-order chi connectivity index (χ0) is 19.0. The minimum absolute atomic E-state index is 0.0131. The van der Waals surface area contributed by atoms with E-state index in [4.69, 9.17) is 9.47 Å². The lowest BCUT2D eigenvalue weighted by atomic mass is 10.2. The van der Waals surface area contributed by atoms with Crippen molar-refractivity contribution in [1.29, 1.82) is 0 Å². The molecule has 1 aliphatic heterocycles. The average molecular weight is 367 g/mol. The molecular formula is C19H21N5O3. The first-order valence-corrected chi connectivity index (χ1v) is 8.68. The molecule has 0 bridgehead atoms. The van der Waals surface area contributed by atoms with E-state index in [2.05, 4.69) is 15.4 Å². The van der Waals surface area contributed by atoms with Crippen LogP contribution in [0.1, 0.15) is 6.42 Å². The van der Waals surface area contributed by atoms with Gasteiger partial charge in [-0.2, -0.15) is 5.10 Å². The molecule has 2 aromatic heterocycles. The van der Waals surface area contributed by atoms with Gasteiger partial charge in [-0.05, 0) is 12.5 Å². The smallest absolute Gasteiger partial charge is 0.249 e. The minimum atomic E-state index is -0.312. The number of carbonyl (C=O) groups excluding carboxylic acids is 1. The van der Waals surface area contributed by atoms with E-state index < -0.39 is 0 Å². The molecule has 3 aromatic rings. The van der Waals surface area contributed by atoms with E-state index in [-0.39, 0.29) is 11.9 Å². The summed E-state index contributed by atoms with van der Waals surface area (Å²) in [5, 5.41) is 8.50. The molecule has 1 unspecified atom stereocenters. The largest absolute Gasteiger partial charge is 0.497 e. The molecule has 1 N–H and O–H groups in total. The third-order valence-electron chi connectivity index (χ3n) is 4.82. The van der Waals surface area contributed by atoms with Gasteiger partial charge in [0.1, 0.15) is 17.5 Å². The number of rotatable bonds is 5. The molecule has 0 saturated carbocycles. The number of anilines is 2. The first-order chi connectivity index (χ1) is 13.1. The van der Waals surface area contributed by atoms with Gasteiger partial charge in [0.05, 0.1) is 31.5 Å². The lowest BCUT2D eigenvalue weighted by molar-refractivity contribution is -0.117. The van der Waals surface area contributed by atoms with E-state index in [9.17, 15) is 4.79 Å². The maximum atomic E-state index is 13.0. The van der Waals surface area contributed by atoms with Gasteiger partial charge in [0.15, 0.2) is 5.65 Å². The molecule has 8 heteroatoms. The summed E-state index contributed by atoms with van der Waals surface area (Å²) in [4.78, 5) is 19.1. The number of pyridine rings is 1. The summed E-state index contributed by atoms with van der Waals surface area (Å²) in [6.45, 7) is 0.619. The Balaban J connectivity index is 1.59. The molecule has 1 aromatic carbocycles. The molecule has 1 amide bonds. The van der Waals surface area contributed by atoms with Crippen LogP contribution in [0.25, 0.3) is 11.0 Å². The van der Waals surface area contributed by atoms with Crippen LogP contribution in [0.2, 0.25) is 0 Å². The predicted octanol–water partition coefficient (Wildman–Crippen LogP) is 2.20. The van der Waals surface area contributed by atoms with Gasteiger partial charge in [-0.15, -0.1) is 0 Å². The minimum Gasteiger partial charge on any atom is -0.497 e. The van der Waals surface area contributed by atoms with E-state index >= 15 is 0 Å². The Hall–Kier alpha value is -3.29.